The molecule has 1 saturated carbocycles. The van der Waals surface area contributed by atoms with E-state index >= 15 is 0 Å². The molecule has 0 bridgehead atoms. The van der Waals surface area contributed by atoms with Gasteiger partial charge in [-0.25, -0.2) is 4.79 Å². The number of carbonyl (C=O) groups excluding carboxylic acids is 1. The fraction of sp³-hybridized carbons (Fsp3) is 0.480. The van der Waals surface area contributed by atoms with Crippen LogP contribution in [0, 0.1) is 23.2 Å². The van der Waals surface area contributed by atoms with Crippen molar-refractivity contribution in [2.45, 2.75) is 52.1 Å². The molecule has 7 heteroatoms. The number of amides is 1. The number of hydrogen-bond acceptors (Lipinski definition) is 6. The summed E-state index contributed by atoms with van der Waals surface area (Å²) in [4.78, 5) is 14.1. The summed E-state index contributed by atoms with van der Waals surface area (Å²) in [5.74, 6) is 7.26. The lowest BCUT2D eigenvalue weighted by Gasteiger charge is -2.50. The summed E-state index contributed by atoms with van der Waals surface area (Å²) in [5.41, 5.74) is 7.57. The second-order valence-corrected chi connectivity index (χ2v) is 9.89. The Morgan fingerprint density at radius 1 is 1.22 bits per heavy atom. The number of aromatic nitrogens is 2. The molecule has 1 aromatic carbocycles. The van der Waals surface area contributed by atoms with Gasteiger partial charge in [0.2, 0.25) is 0 Å². The largest absolute Gasteiger partial charge is 0.507 e. The average Bonchev–Trinajstić information content (AvgIpc) is 2.71. The summed E-state index contributed by atoms with van der Waals surface area (Å²) in [6, 6.07) is 8.76. The van der Waals surface area contributed by atoms with E-state index in [2.05, 4.69) is 22.0 Å². The van der Waals surface area contributed by atoms with Gasteiger partial charge in [-0.05, 0) is 70.1 Å². The Morgan fingerprint density at radius 3 is 2.56 bits per heavy atom. The smallest absolute Gasteiger partial charge is 0.410 e. The fourth-order valence-electron chi connectivity index (χ4n) is 4.49. The molecule has 1 spiro atoms. The molecular formula is C25H30N4O3. The molecule has 1 saturated heterocycles. The van der Waals surface area contributed by atoms with Gasteiger partial charge in [-0.1, -0.05) is 24.0 Å². The van der Waals surface area contributed by atoms with Gasteiger partial charge >= 0.3 is 6.09 Å². The first-order valence-electron chi connectivity index (χ1n) is 11.1. The number of para-hydroxylation sites is 1. The SMILES string of the molecule is CC(C)(C)OC(=O)N1CCC2(CC1)CC(C#Cc1cc(-c3ccccc3O)nnc1N)C2. The monoisotopic (exact) mass is 434 g/mol. The molecule has 0 radical (unpaired) electrons. The second kappa shape index (κ2) is 8.34. The van der Waals surface area contributed by atoms with E-state index in [0.717, 1.165) is 38.8 Å². The number of phenolic OH excluding ortho intramolecular Hbond substituents is 1. The molecule has 2 fully saturated rings. The van der Waals surface area contributed by atoms with Crippen LogP contribution in [0.25, 0.3) is 11.3 Å². The number of anilines is 1. The van der Waals surface area contributed by atoms with Crippen molar-refractivity contribution >= 4 is 11.9 Å². The number of piperidine rings is 1. The van der Waals surface area contributed by atoms with Crippen LogP contribution in [0.5, 0.6) is 5.75 Å². The maximum absolute atomic E-state index is 12.3. The predicted octanol–water partition coefficient (Wildman–Crippen LogP) is 4.21. The van der Waals surface area contributed by atoms with Gasteiger partial charge in [0.1, 0.15) is 11.4 Å². The van der Waals surface area contributed by atoms with Gasteiger partial charge in [-0.2, -0.15) is 0 Å². The number of nitrogens with two attached hydrogens (primary N) is 1. The van der Waals surface area contributed by atoms with E-state index in [9.17, 15) is 9.90 Å². The minimum atomic E-state index is -0.466. The summed E-state index contributed by atoms with van der Waals surface area (Å²) in [7, 11) is 0. The second-order valence-electron chi connectivity index (χ2n) is 9.89. The summed E-state index contributed by atoms with van der Waals surface area (Å²) < 4.78 is 5.49. The van der Waals surface area contributed by atoms with Gasteiger partial charge < -0.3 is 20.5 Å². The standard InChI is InChI=1S/C25H30N4O3/c1-24(2,3)32-23(31)29-12-10-25(11-13-29)15-17(16-25)8-9-18-14-20(27-28-22(18)26)19-6-4-5-7-21(19)30/h4-7,14,17,30H,10-13,15-16H2,1-3H3,(H2,26,28). The third-order valence-electron chi connectivity index (χ3n) is 6.25. The molecule has 0 atom stereocenters. The highest BCUT2D eigenvalue weighted by molar-refractivity contribution is 5.69. The average molecular weight is 435 g/mol. The molecule has 3 N–H and O–H groups in total. The maximum atomic E-state index is 12.3. The van der Waals surface area contributed by atoms with E-state index < -0.39 is 5.60 Å². The summed E-state index contributed by atoms with van der Waals surface area (Å²) in [6.07, 6.45) is 3.82. The van der Waals surface area contributed by atoms with Crippen molar-refractivity contribution in [3.63, 3.8) is 0 Å². The van der Waals surface area contributed by atoms with Gasteiger partial charge in [0.05, 0.1) is 11.3 Å². The molecule has 7 nitrogen and oxygen atoms in total. The van der Waals surface area contributed by atoms with Crippen LogP contribution in [0.3, 0.4) is 0 Å². The lowest BCUT2D eigenvalue weighted by molar-refractivity contribution is -0.0157. The van der Waals surface area contributed by atoms with E-state index in [1.807, 2.05) is 31.7 Å². The van der Waals surface area contributed by atoms with Crippen molar-refractivity contribution in [1.29, 1.82) is 0 Å². The first kappa shape index (κ1) is 21.9. The normalized spacial score (nSPS) is 17.9. The van der Waals surface area contributed by atoms with Gasteiger partial charge in [0.25, 0.3) is 0 Å². The molecule has 2 heterocycles. The molecule has 1 aliphatic heterocycles. The third kappa shape index (κ3) is 4.80. The highest BCUT2D eigenvalue weighted by Crippen LogP contribution is 2.52. The van der Waals surface area contributed by atoms with E-state index in [1.165, 1.54) is 0 Å². The van der Waals surface area contributed by atoms with Crippen molar-refractivity contribution in [2.24, 2.45) is 11.3 Å². The van der Waals surface area contributed by atoms with Crippen molar-refractivity contribution < 1.29 is 14.6 Å². The number of aromatic hydroxyl groups is 1. The number of carbonyl (C=O) groups is 1. The third-order valence-corrected chi connectivity index (χ3v) is 6.25. The minimum Gasteiger partial charge on any atom is -0.507 e. The number of ether oxygens (including phenoxy) is 1. The molecule has 1 aliphatic carbocycles. The van der Waals surface area contributed by atoms with Gasteiger partial charge in [0.15, 0.2) is 5.82 Å². The minimum absolute atomic E-state index is 0.143. The highest BCUT2D eigenvalue weighted by Gasteiger charge is 2.46. The molecule has 32 heavy (non-hydrogen) atoms. The first-order chi connectivity index (χ1) is 15.1. The Labute approximate surface area is 189 Å². The van der Waals surface area contributed by atoms with Crippen LogP contribution in [0.1, 0.15) is 52.0 Å². The number of phenols is 1. The Hall–Kier alpha value is -3.27. The van der Waals surface area contributed by atoms with E-state index in [-0.39, 0.29) is 23.1 Å². The maximum Gasteiger partial charge on any atom is 0.410 e. The zero-order valence-corrected chi connectivity index (χ0v) is 18.9. The van der Waals surface area contributed by atoms with Crippen LogP contribution in [0.4, 0.5) is 10.6 Å². The Balaban J connectivity index is 1.36. The Kier molecular flexibility index (Phi) is 5.72. The van der Waals surface area contributed by atoms with Crippen LogP contribution in [-0.2, 0) is 4.74 Å². The number of nitrogen functional groups attached to an aromatic ring is 1. The number of hydrogen-bond donors (Lipinski definition) is 2. The van der Waals surface area contributed by atoms with Gasteiger partial charge in [-0.15, -0.1) is 10.2 Å². The first-order valence-corrected chi connectivity index (χ1v) is 11.1. The summed E-state index contributed by atoms with van der Waals surface area (Å²) >= 11 is 0. The summed E-state index contributed by atoms with van der Waals surface area (Å²) in [5, 5.41) is 18.2. The number of likely N-dealkylation sites (tertiary alicyclic amines) is 1. The lowest BCUT2D eigenvalue weighted by atomic mass is 9.58. The highest BCUT2D eigenvalue weighted by atomic mass is 16.6. The van der Waals surface area contributed by atoms with Crippen molar-refractivity contribution in [2.75, 3.05) is 18.8 Å². The number of rotatable bonds is 1. The van der Waals surface area contributed by atoms with Crippen LogP contribution in [0.15, 0.2) is 30.3 Å². The molecule has 4 rings (SSSR count). The molecule has 2 aliphatic rings. The Morgan fingerprint density at radius 2 is 1.91 bits per heavy atom. The number of nitrogens with zero attached hydrogens (tertiary/aromatic N) is 3. The number of benzene rings is 1. The lowest BCUT2D eigenvalue weighted by Crippen LogP contribution is -2.49. The van der Waals surface area contributed by atoms with Crippen molar-refractivity contribution in [1.82, 2.24) is 15.1 Å². The zero-order valence-electron chi connectivity index (χ0n) is 18.9. The predicted molar refractivity (Wildman–Crippen MR) is 123 cm³/mol. The van der Waals surface area contributed by atoms with E-state index in [0.29, 0.717) is 22.7 Å². The molecule has 0 unspecified atom stereocenters. The molecular weight excluding hydrogens is 404 g/mol. The fourth-order valence-corrected chi connectivity index (χ4v) is 4.49. The van der Waals surface area contributed by atoms with Crippen LogP contribution >= 0.6 is 0 Å². The van der Waals surface area contributed by atoms with Crippen LogP contribution in [0.2, 0.25) is 0 Å². The van der Waals surface area contributed by atoms with Gasteiger partial charge in [0, 0.05) is 24.6 Å². The van der Waals surface area contributed by atoms with Crippen molar-refractivity contribution in [3.05, 3.63) is 35.9 Å². The van der Waals surface area contributed by atoms with Crippen molar-refractivity contribution in [3.8, 4) is 28.8 Å². The molecule has 2 aromatic rings. The quantitative estimate of drug-likeness (QED) is 0.652. The zero-order chi connectivity index (χ0) is 22.9. The van der Waals surface area contributed by atoms with Crippen LogP contribution in [-0.4, -0.2) is 45.0 Å². The van der Waals surface area contributed by atoms with Gasteiger partial charge in [-0.3, -0.25) is 0 Å². The molecule has 1 aromatic heterocycles. The van der Waals surface area contributed by atoms with E-state index in [1.54, 1.807) is 24.3 Å². The summed E-state index contributed by atoms with van der Waals surface area (Å²) in [6.45, 7) is 7.15. The molecule has 1 amide bonds. The topological polar surface area (TPSA) is 102 Å². The van der Waals surface area contributed by atoms with E-state index in [4.69, 9.17) is 10.5 Å². The Bertz CT molecular complexity index is 1060. The van der Waals surface area contributed by atoms with Crippen LogP contribution < -0.4 is 5.73 Å². The molecule has 168 valence electrons.